The number of carbonyl (C=O) groups is 5. The lowest BCUT2D eigenvalue weighted by Gasteiger charge is -2.48. The number of nitrogens with one attached hydrogen (secondary N) is 2. The lowest BCUT2D eigenvalue weighted by Crippen LogP contribution is -2.58. The standard InChI is InChI=1S/C42H53NO15.C13H18N4O3.C5H4N4S/c1-8-42(51)17-28(33-22(35(42)41(50)52-7)14-23-34(38(33)49)37(48)32-21(36(23)47)10-9-11-26(32)45)56-30-15-24(43(5)6)39(19(3)54-30)58-31-16-27(46)40(20(4)55-31)57-29-13-12-25(44)18(2)53-29;1-9(18)6-4-5-7-17-12(19)10-11(14-8-15(10)2)16(3)13(17)20;10-5-3-4(7-1-6-3)8-2-9-5/h9-11,14,18-20,24,27-31,35,39-40,45-46,49,51H,8,12-13,15-17H2,1-7H3;8H,4-7H2,1-3H3;1-2H,(H2,6,7,8,9,10)/t18-,19-,20-,24-,27-,28-,29-,30-,31-,35-,39+,40+,42+;;/m0../s1. The first-order chi connectivity index (χ1) is 41.8. The van der Waals surface area contributed by atoms with Crippen molar-refractivity contribution in [3.8, 4) is 11.5 Å². The molecule has 2 aliphatic carbocycles. The molecule has 3 fully saturated rings. The topological polar surface area (TPSA) is 353 Å². The molecule has 6 aromatic rings. The number of aliphatic hydroxyl groups is 2. The first-order valence-electron chi connectivity index (χ1n) is 29.2. The molecule has 5 aliphatic rings. The number of aromatic nitrogens is 8. The highest BCUT2D eigenvalue weighted by Crippen LogP contribution is 2.54. The lowest BCUT2D eigenvalue weighted by atomic mass is 9.67. The molecule has 6 N–H and O–H groups in total. The fraction of sp³-hybridized carbons (Fsp3) is 0.550. The molecule has 0 amide bonds. The Morgan fingerprint density at radius 3 is 2.23 bits per heavy atom. The van der Waals surface area contributed by atoms with E-state index in [0.717, 1.165) is 11.2 Å². The fourth-order valence-electron chi connectivity index (χ4n) is 12.3. The summed E-state index contributed by atoms with van der Waals surface area (Å²) in [4.78, 5) is 108. The van der Waals surface area contributed by atoms with E-state index >= 15 is 0 Å². The van der Waals surface area contributed by atoms with Crippen molar-refractivity contribution >= 4 is 63.6 Å². The first-order valence-corrected chi connectivity index (χ1v) is 29.6. The van der Waals surface area contributed by atoms with Crippen LogP contribution in [0, 0.1) is 4.64 Å². The number of esters is 1. The van der Waals surface area contributed by atoms with Gasteiger partial charge in [-0.05, 0) is 78.7 Å². The molecular weight excluding hydrogens is 1170 g/mol. The fourth-order valence-corrected chi connectivity index (χ4v) is 12.5. The van der Waals surface area contributed by atoms with Gasteiger partial charge in [0.25, 0.3) is 5.56 Å². The van der Waals surface area contributed by atoms with Crippen molar-refractivity contribution in [3.05, 3.63) is 102 Å². The van der Waals surface area contributed by atoms with Crippen molar-refractivity contribution < 1.29 is 77.6 Å². The molecule has 0 radical (unpaired) electrons. The van der Waals surface area contributed by atoms with Crippen LogP contribution in [0.15, 0.2) is 52.8 Å². The molecular formula is C60H75N9O18S. The molecule has 27 nitrogen and oxygen atoms in total. The van der Waals surface area contributed by atoms with Crippen LogP contribution in [0.5, 0.6) is 11.5 Å². The molecule has 3 aliphatic heterocycles. The number of aryl methyl sites for hydroxylation is 2. The zero-order valence-corrected chi connectivity index (χ0v) is 51.4. The number of benzene rings is 2. The Labute approximate surface area is 509 Å². The Hall–Kier alpha value is -7.25. The van der Waals surface area contributed by atoms with Gasteiger partial charge in [0.2, 0.25) is 5.78 Å². The number of imidazole rings is 2. The zero-order chi connectivity index (χ0) is 63.8. The van der Waals surface area contributed by atoms with E-state index in [2.05, 4.69) is 24.9 Å². The number of carbonyl (C=O) groups excluding carboxylic acids is 5. The van der Waals surface area contributed by atoms with Gasteiger partial charge in [0.15, 0.2) is 51.9 Å². The van der Waals surface area contributed by atoms with Crippen molar-refractivity contribution in [2.24, 2.45) is 14.1 Å². The molecule has 3 saturated heterocycles. The summed E-state index contributed by atoms with van der Waals surface area (Å²) >= 11 is 4.91. The minimum absolute atomic E-state index is 0.00573. The van der Waals surface area contributed by atoms with Crippen LogP contribution in [0.4, 0.5) is 0 Å². The molecule has 474 valence electrons. The summed E-state index contributed by atoms with van der Waals surface area (Å²) < 4.78 is 47.4. The number of aromatic amines is 2. The Morgan fingerprint density at radius 1 is 0.875 bits per heavy atom. The Morgan fingerprint density at radius 2 is 1.57 bits per heavy atom. The third-order valence-corrected chi connectivity index (χ3v) is 17.3. The minimum Gasteiger partial charge on any atom is -0.507 e. The van der Waals surface area contributed by atoms with E-state index in [4.69, 9.17) is 45.4 Å². The second kappa shape index (κ2) is 26.8. The maximum atomic E-state index is 13.9. The van der Waals surface area contributed by atoms with Crippen LogP contribution < -0.4 is 11.2 Å². The van der Waals surface area contributed by atoms with Crippen molar-refractivity contribution in [2.75, 3.05) is 21.2 Å². The first kappa shape index (κ1) is 65.2. The normalized spacial score (nSPS) is 27.6. The van der Waals surface area contributed by atoms with Crippen LogP contribution >= 0.6 is 12.2 Å². The van der Waals surface area contributed by atoms with Crippen LogP contribution in [-0.2, 0) is 68.2 Å². The Balaban J connectivity index is 0.000000248. The highest BCUT2D eigenvalue weighted by Gasteiger charge is 2.54. The van der Waals surface area contributed by atoms with Crippen LogP contribution in [0.25, 0.3) is 22.3 Å². The largest absolute Gasteiger partial charge is 0.507 e. The SMILES string of the molecule is CC(=O)CCCCn1c(=O)c2c(ncn2C)n(C)c1=O.CC[C@@]1(O)C[C@H](O[C@H]2C[C@H](N(C)C)[C@H](O[C@H]3C[C@H](O)[C@H](O[C@H]4CCC(=O)[C@H](C)O4)[C@H](C)O3)[C@H](C)O2)c2c(cc3c(c2O)C(=O)c2c(O)cccc2C3=O)[C@H]1C(=O)OC.S=c1nc[nH]c2nc[nH]c12. The number of unbranched alkanes of at least 4 members (excludes halogenated alkanes) is 1. The second-order valence-electron chi connectivity index (χ2n) is 23.1. The van der Waals surface area contributed by atoms with E-state index in [1.807, 2.05) is 19.0 Å². The van der Waals surface area contributed by atoms with Gasteiger partial charge in [-0.15, -0.1) is 0 Å². The van der Waals surface area contributed by atoms with E-state index in [1.165, 1.54) is 60.1 Å². The zero-order valence-electron chi connectivity index (χ0n) is 50.6. The Bertz CT molecular complexity index is 3810. The number of methoxy groups -OCH3 is 1. The number of likely N-dealkylation sites (N-methyl/N-ethyl adjacent to an activating group) is 1. The van der Waals surface area contributed by atoms with Crippen molar-refractivity contribution in [3.63, 3.8) is 0 Å². The molecule has 4 aromatic heterocycles. The number of ketones is 4. The molecule has 13 atom stereocenters. The number of phenolic OH excluding ortho intramolecular Hbond substituents is 2. The maximum Gasteiger partial charge on any atom is 0.332 e. The molecule has 88 heavy (non-hydrogen) atoms. The summed E-state index contributed by atoms with van der Waals surface area (Å²) in [5.41, 5.74) is -0.848. The summed E-state index contributed by atoms with van der Waals surface area (Å²) in [7, 11) is 8.24. The number of hydrogen-bond acceptors (Lipinski definition) is 23. The summed E-state index contributed by atoms with van der Waals surface area (Å²) in [5.74, 6) is -4.48. The number of ether oxygens (including phenoxy) is 7. The average Bonchev–Trinajstić information content (AvgIpc) is 1.39. The number of aliphatic hydroxyl groups excluding tert-OH is 1. The van der Waals surface area contributed by atoms with E-state index in [-0.39, 0.29) is 87.9 Å². The van der Waals surface area contributed by atoms with E-state index < -0.39 is 102 Å². The van der Waals surface area contributed by atoms with Gasteiger partial charge >= 0.3 is 11.7 Å². The highest BCUT2D eigenvalue weighted by molar-refractivity contribution is 7.71. The van der Waals surface area contributed by atoms with Crippen molar-refractivity contribution in [2.45, 2.75) is 178 Å². The molecule has 0 saturated carbocycles. The quantitative estimate of drug-likeness (QED) is 0.0500. The molecule has 2 aromatic carbocycles. The number of phenols is 2. The summed E-state index contributed by atoms with van der Waals surface area (Å²) in [5, 5.41) is 45.9. The molecule has 28 heteroatoms. The summed E-state index contributed by atoms with van der Waals surface area (Å²) in [6, 6.07) is 5.11. The van der Waals surface area contributed by atoms with E-state index in [1.54, 1.807) is 52.7 Å². The van der Waals surface area contributed by atoms with E-state index in [9.17, 15) is 54.0 Å². The number of H-pyrrole nitrogens is 2. The maximum absolute atomic E-state index is 13.9. The number of hydrogen-bond donors (Lipinski definition) is 6. The van der Waals surface area contributed by atoms with Crippen LogP contribution in [-0.4, -0.2) is 181 Å². The summed E-state index contributed by atoms with van der Waals surface area (Å²) in [6.07, 6.45) is -0.236. The molecule has 0 bridgehead atoms. The summed E-state index contributed by atoms with van der Waals surface area (Å²) in [6.45, 7) is 8.81. The predicted molar refractivity (Wildman–Crippen MR) is 315 cm³/mol. The Kier molecular flexibility index (Phi) is 19.9. The van der Waals surface area contributed by atoms with Gasteiger partial charge in [0.1, 0.15) is 47.0 Å². The smallest absolute Gasteiger partial charge is 0.332 e. The number of rotatable bonds is 14. The van der Waals surface area contributed by atoms with Gasteiger partial charge < -0.3 is 77.8 Å². The third-order valence-electron chi connectivity index (χ3n) is 17.0. The number of fused-ring (bicyclic) bond motifs is 5. The second-order valence-corrected chi connectivity index (χ2v) is 23.5. The molecule has 0 unspecified atom stereocenters. The van der Waals surface area contributed by atoms with Crippen LogP contribution in [0.3, 0.4) is 0 Å². The van der Waals surface area contributed by atoms with Gasteiger partial charge in [-0.3, -0.25) is 33.1 Å². The predicted octanol–water partition coefficient (Wildman–Crippen LogP) is 4.37. The minimum atomic E-state index is -1.76. The lowest BCUT2D eigenvalue weighted by molar-refractivity contribution is -0.324. The van der Waals surface area contributed by atoms with Gasteiger partial charge in [-0.2, -0.15) is 0 Å². The van der Waals surface area contributed by atoms with Crippen molar-refractivity contribution in [1.82, 2.24) is 43.5 Å². The van der Waals surface area contributed by atoms with Gasteiger partial charge in [-0.25, -0.2) is 19.7 Å². The molecule has 0 spiro atoms. The highest BCUT2D eigenvalue weighted by atomic mass is 32.1. The number of nitrogens with zero attached hydrogens (tertiary/aromatic N) is 7. The monoisotopic (exact) mass is 1240 g/mol. The van der Waals surface area contributed by atoms with Gasteiger partial charge in [0, 0.05) is 81.9 Å². The van der Waals surface area contributed by atoms with Gasteiger partial charge in [0.05, 0.1) is 67.2 Å². The van der Waals surface area contributed by atoms with Crippen LogP contribution in [0.2, 0.25) is 0 Å². The molecule has 7 heterocycles. The van der Waals surface area contributed by atoms with Crippen LogP contribution in [0.1, 0.15) is 147 Å². The van der Waals surface area contributed by atoms with E-state index in [0.29, 0.717) is 54.5 Å². The number of aromatic hydroxyl groups is 2. The third kappa shape index (κ3) is 12.9. The van der Waals surface area contributed by atoms with Gasteiger partial charge in [-0.1, -0.05) is 31.3 Å². The number of Topliss-reactive ketones (excluding diaryl/α,β-unsaturated/α-hetero) is 2. The van der Waals surface area contributed by atoms with Crippen molar-refractivity contribution in [1.29, 1.82) is 0 Å². The average molecular weight is 1240 g/mol. The molecule has 11 rings (SSSR count).